The van der Waals surface area contributed by atoms with Crippen LogP contribution in [0.25, 0.3) is 0 Å². The Labute approximate surface area is 125 Å². The summed E-state index contributed by atoms with van der Waals surface area (Å²) >= 11 is 1.58. The molecule has 3 nitrogen and oxygen atoms in total. The molecule has 0 aromatic rings. The Bertz CT molecular complexity index is 449. The summed E-state index contributed by atoms with van der Waals surface area (Å²) in [6.07, 6.45) is 9.49. The molecule has 0 saturated carbocycles. The quantitative estimate of drug-likeness (QED) is 0.750. The summed E-state index contributed by atoms with van der Waals surface area (Å²) in [5, 5.41) is 1.81. The van der Waals surface area contributed by atoms with Crippen molar-refractivity contribution in [2.75, 3.05) is 13.7 Å². The molecular formula is C16H23NO2S. The number of carbonyl (C=O) groups excluding carboxylic acids is 1. The van der Waals surface area contributed by atoms with E-state index in [9.17, 15) is 4.79 Å². The van der Waals surface area contributed by atoms with Gasteiger partial charge in [-0.25, -0.2) is 0 Å². The number of rotatable bonds is 6. The zero-order valence-corrected chi connectivity index (χ0v) is 13.3. The molecule has 0 radical (unpaired) electrons. The second-order valence-corrected chi connectivity index (χ2v) is 6.17. The second kappa shape index (κ2) is 7.02. The van der Waals surface area contributed by atoms with Crippen molar-refractivity contribution >= 4 is 17.5 Å². The summed E-state index contributed by atoms with van der Waals surface area (Å²) in [4.78, 5) is 14.6. The number of hydrogen-bond donors (Lipinski definition) is 0. The Morgan fingerprint density at radius 3 is 2.80 bits per heavy atom. The maximum atomic E-state index is 12.1. The molecule has 110 valence electrons. The van der Waals surface area contributed by atoms with Crippen LogP contribution in [0.4, 0.5) is 0 Å². The Hall–Kier alpha value is -1.16. The summed E-state index contributed by atoms with van der Waals surface area (Å²) < 4.78 is 5.10. The van der Waals surface area contributed by atoms with Crippen molar-refractivity contribution in [2.45, 2.75) is 44.4 Å². The molecule has 4 heteroatoms. The van der Waals surface area contributed by atoms with Gasteiger partial charge in [-0.1, -0.05) is 26.0 Å². The molecule has 2 rings (SSSR count). The van der Waals surface area contributed by atoms with Crippen LogP contribution in [-0.2, 0) is 9.53 Å². The lowest BCUT2D eigenvalue weighted by Gasteiger charge is -2.36. The first-order valence-corrected chi connectivity index (χ1v) is 8.21. The summed E-state index contributed by atoms with van der Waals surface area (Å²) in [5.74, 6) is 0.624. The molecule has 20 heavy (non-hydrogen) atoms. The third-order valence-corrected chi connectivity index (χ3v) is 5.03. The molecular weight excluding hydrogens is 270 g/mol. The van der Waals surface area contributed by atoms with Gasteiger partial charge >= 0.3 is 0 Å². The summed E-state index contributed by atoms with van der Waals surface area (Å²) in [7, 11) is 1.56. The molecule has 0 amide bonds. The number of ketones is 1. The molecule has 0 spiro atoms. The minimum Gasteiger partial charge on any atom is -0.492 e. The van der Waals surface area contributed by atoms with Gasteiger partial charge in [-0.05, 0) is 18.9 Å². The predicted molar refractivity (Wildman–Crippen MR) is 84.4 cm³/mol. The SMILES string of the molecule is CCC(CC)N1CC=CC=C1CC1SC=C(OC)C1=O. The zero-order valence-electron chi connectivity index (χ0n) is 12.5. The van der Waals surface area contributed by atoms with Gasteiger partial charge in [0.1, 0.15) is 0 Å². The molecule has 1 atom stereocenters. The van der Waals surface area contributed by atoms with Gasteiger partial charge in [-0.15, -0.1) is 11.8 Å². The molecule has 0 saturated heterocycles. The molecule has 0 fully saturated rings. The molecule has 0 aromatic carbocycles. The second-order valence-electron chi connectivity index (χ2n) is 5.09. The highest BCUT2D eigenvalue weighted by atomic mass is 32.2. The fraction of sp³-hybridized carbons (Fsp3) is 0.562. The van der Waals surface area contributed by atoms with Crippen LogP contribution in [-0.4, -0.2) is 35.6 Å². The zero-order chi connectivity index (χ0) is 14.5. The first-order chi connectivity index (χ1) is 9.71. The lowest BCUT2D eigenvalue weighted by atomic mass is 10.0. The van der Waals surface area contributed by atoms with Gasteiger partial charge in [0, 0.05) is 30.1 Å². The average Bonchev–Trinajstić information content (AvgIpc) is 2.82. The van der Waals surface area contributed by atoms with Gasteiger partial charge in [0.2, 0.25) is 5.78 Å². The number of carbonyl (C=O) groups is 1. The van der Waals surface area contributed by atoms with E-state index in [0.717, 1.165) is 25.8 Å². The predicted octanol–water partition coefficient (Wildman–Crippen LogP) is 3.49. The van der Waals surface area contributed by atoms with E-state index in [1.54, 1.807) is 18.9 Å². The van der Waals surface area contributed by atoms with E-state index in [0.29, 0.717) is 11.8 Å². The Morgan fingerprint density at radius 2 is 2.20 bits per heavy atom. The van der Waals surface area contributed by atoms with E-state index in [-0.39, 0.29) is 11.0 Å². The number of nitrogens with zero attached hydrogens (tertiary/aromatic N) is 1. The van der Waals surface area contributed by atoms with Crippen molar-refractivity contribution in [3.63, 3.8) is 0 Å². The molecule has 2 aliphatic rings. The Kier molecular flexibility index (Phi) is 5.35. The van der Waals surface area contributed by atoms with Gasteiger partial charge < -0.3 is 9.64 Å². The smallest absolute Gasteiger partial charge is 0.211 e. The highest BCUT2D eigenvalue weighted by Crippen LogP contribution is 2.33. The van der Waals surface area contributed by atoms with Crippen molar-refractivity contribution in [1.29, 1.82) is 0 Å². The summed E-state index contributed by atoms with van der Waals surface area (Å²) in [6, 6.07) is 0.558. The number of Topliss-reactive ketones (excluding diaryl/α,β-unsaturated/α-hetero) is 1. The van der Waals surface area contributed by atoms with E-state index < -0.39 is 0 Å². The highest BCUT2D eigenvalue weighted by Gasteiger charge is 2.31. The third kappa shape index (κ3) is 3.11. The number of allylic oxidation sites excluding steroid dienone is 4. The van der Waals surface area contributed by atoms with E-state index >= 15 is 0 Å². The molecule has 2 heterocycles. The molecule has 0 N–H and O–H groups in total. The van der Waals surface area contributed by atoms with Gasteiger partial charge in [0.15, 0.2) is 5.76 Å². The standard InChI is InChI=1S/C16H23NO2S/c1-4-12(5-2)17-9-7-6-8-13(17)10-15-16(18)14(19-3)11-20-15/h6-8,11-12,15H,4-5,9-10H2,1-3H3. The van der Waals surface area contributed by atoms with Crippen LogP contribution in [0, 0.1) is 0 Å². The van der Waals surface area contributed by atoms with E-state index in [1.807, 2.05) is 5.41 Å². The number of thioether (sulfide) groups is 1. The maximum absolute atomic E-state index is 12.1. The van der Waals surface area contributed by atoms with E-state index in [4.69, 9.17) is 4.74 Å². The fourth-order valence-electron chi connectivity index (χ4n) is 2.77. The average molecular weight is 293 g/mol. The molecule has 0 aromatic heterocycles. The van der Waals surface area contributed by atoms with E-state index in [2.05, 4.69) is 37.0 Å². The van der Waals surface area contributed by atoms with Crippen LogP contribution < -0.4 is 0 Å². The molecule has 1 unspecified atom stereocenters. The van der Waals surface area contributed by atoms with Crippen molar-refractivity contribution in [2.24, 2.45) is 0 Å². The number of hydrogen-bond acceptors (Lipinski definition) is 4. The summed E-state index contributed by atoms with van der Waals surface area (Å²) in [5.41, 5.74) is 1.28. The van der Waals surface area contributed by atoms with Crippen LogP contribution >= 0.6 is 11.8 Å². The lowest BCUT2D eigenvalue weighted by Crippen LogP contribution is -2.36. The fourth-order valence-corrected chi connectivity index (χ4v) is 3.77. The normalized spacial score (nSPS) is 22.3. The van der Waals surface area contributed by atoms with Crippen LogP contribution in [0.3, 0.4) is 0 Å². The van der Waals surface area contributed by atoms with Crippen LogP contribution in [0.15, 0.2) is 35.1 Å². The Morgan fingerprint density at radius 1 is 1.45 bits per heavy atom. The van der Waals surface area contributed by atoms with Gasteiger partial charge in [-0.2, -0.15) is 0 Å². The van der Waals surface area contributed by atoms with Crippen molar-refractivity contribution < 1.29 is 9.53 Å². The monoisotopic (exact) mass is 293 g/mol. The minimum atomic E-state index is -0.0282. The minimum absolute atomic E-state index is 0.0282. The van der Waals surface area contributed by atoms with Crippen molar-refractivity contribution in [3.8, 4) is 0 Å². The Balaban J connectivity index is 2.05. The van der Waals surface area contributed by atoms with Gasteiger partial charge in [-0.3, -0.25) is 4.79 Å². The maximum Gasteiger partial charge on any atom is 0.211 e. The highest BCUT2D eigenvalue weighted by molar-refractivity contribution is 8.04. The molecule has 0 aliphatic carbocycles. The van der Waals surface area contributed by atoms with Crippen molar-refractivity contribution in [1.82, 2.24) is 4.90 Å². The van der Waals surface area contributed by atoms with Crippen molar-refractivity contribution in [3.05, 3.63) is 35.1 Å². The van der Waals surface area contributed by atoms with Gasteiger partial charge in [0.25, 0.3) is 0 Å². The van der Waals surface area contributed by atoms with Crippen LogP contribution in [0.5, 0.6) is 0 Å². The van der Waals surface area contributed by atoms with E-state index in [1.165, 1.54) is 5.70 Å². The molecule has 0 bridgehead atoms. The lowest BCUT2D eigenvalue weighted by molar-refractivity contribution is -0.117. The first kappa shape index (κ1) is 15.2. The third-order valence-electron chi connectivity index (χ3n) is 3.97. The van der Waals surface area contributed by atoms with Gasteiger partial charge in [0.05, 0.1) is 12.4 Å². The topological polar surface area (TPSA) is 29.5 Å². The molecule has 2 aliphatic heterocycles. The van der Waals surface area contributed by atoms with Crippen LogP contribution in [0.2, 0.25) is 0 Å². The number of ether oxygens (including phenoxy) is 1. The number of methoxy groups -OCH3 is 1. The summed E-state index contributed by atoms with van der Waals surface area (Å²) in [6.45, 7) is 5.41. The largest absolute Gasteiger partial charge is 0.492 e. The first-order valence-electron chi connectivity index (χ1n) is 7.27. The van der Waals surface area contributed by atoms with Crippen LogP contribution in [0.1, 0.15) is 33.1 Å².